The summed E-state index contributed by atoms with van der Waals surface area (Å²) in [6, 6.07) is 10.4. The van der Waals surface area contributed by atoms with Crippen LogP contribution in [0.15, 0.2) is 52.7 Å². The summed E-state index contributed by atoms with van der Waals surface area (Å²) < 4.78 is 0. The average molecular weight is 218 g/mol. The van der Waals surface area contributed by atoms with E-state index in [2.05, 4.69) is 35.3 Å². The summed E-state index contributed by atoms with van der Waals surface area (Å²) in [5.41, 5.74) is 5.80. The lowest BCUT2D eigenvalue weighted by Crippen LogP contribution is -2.03. The Morgan fingerprint density at radius 3 is 3.06 bits per heavy atom. The van der Waals surface area contributed by atoms with Gasteiger partial charge < -0.3 is 0 Å². The van der Waals surface area contributed by atoms with E-state index in [0.717, 1.165) is 23.3 Å². The maximum atomic E-state index is 4.74. The molecule has 0 N–H and O–H groups in total. The van der Waals surface area contributed by atoms with E-state index in [4.69, 9.17) is 4.98 Å². The summed E-state index contributed by atoms with van der Waals surface area (Å²) in [4.78, 5) is 9.09. The number of hydrogen-bond acceptors (Lipinski definition) is 2. The summed E-state index contributed by atoms with van der Waals surface area (Å²) >= 11 is 0. The SMILES string of the molecule is C1=NC2=Cc3cc4ccccc4nc3CC2=C1. The maximum absolute atomic E-state index is 4.74. The standard InChI is InChI=1S/C15H10N2/c1-2-4-13-10(3-1)7-12-9-14-11(5-6-16-14)8-15(12)17-13/h1-7,9H,8H2. The molecule has 0 saturated carbocycles. The Kier molecular flexibility index (Phi) is 1.64. The van der Waals surface area contributed by atoms with Crippen LogP contribution in [-0.4, -0.2) is 11.2 Å². The largest absolute Gasteiger partial charge is 0.257 e. The quantitative estimate of drug-likeness (QED) is 0.666. The molecule has 2 nitrogen and oxygen atoms in total. The van der Waals surface area contributed by atoms with Crippen molar-refractivity contribution >= 4 is 23.2 Å². The molecule has 2 aromatic rings. The molecule has 80 valence electrons. The van der Waals surface area contributed by atoms with Gasteiger partial charge in [0.05, 0.1) is 16.9 Å². The lowest BCUT2D eigenvalue weighted by molar-refractivity contribution is 1.05. The van der Waals surface area contributed by atoms with E-state index in [-0.39, 0.29) is 0 Å². The highest BCUT2D eigenvalue weighted by molar-refractivity contribution is 5.87. The lowest BCUT2D eigenvalue weighted by atomic mass is 9.95. The van der Waals surface area contributed by atoms with Gasteiger partial charge in [0, 0.05) is 18.0 Å². The molecule has 0 bridgehead atoms. The molecule has 0 spiro atoms. The first-order chi connectivity index (χ1) is 8.40. The molecule has 1 aromatic heterocycles. The van der Waals surface area contributed by atoms with Gasteiger partial charge in [-0.1, -0.05) is 18.2 Å². The van der Waals surface area contributed by atoms with Crippen molar-refractivity contribution in [2.45, 2.75) is 6.42 Å². The summed E-state index contributed by atoms with van der Waals surface area (Å²) in [7, 11) is 0. The number of allylic oxidation sites excluding steroid dienone is 2. The van der Waals surface area contributed by atoms with Crippen LogP contribution in [0.2, 0.25) is 0 Å². The van der Waals surface area contributed by atoms with Crippen molar-refractivity contribution in [2.24, 2.45) is 4.99 Å². The molecule has 4 rings (SSSR count). The zero-order valence-electron chi connectivity index (χ0n) is 9.22. The molecular formula is C15H10N2. The molecule has 0 saturated heterocycles. The number of aliphatic imine (C=N–C) groups is 1. The van der Waals surface area contributed by atoms with Crippen LogP contribution in [0.3, 0.4) is 0 Å². The highest BCUT2D eigenvalue weighted by Gasteiger charge is 2.18. The smallest absolute Gasteiger partial charge is 0.0705 e. The Morgan fingerprint density at radius 1 is 1.12 bits per heavy atom. The number of nitrogens with zero attached hydrogens (tertiary/aromatic N) is 2. The third-order valence-electron chi connectivity index (χ3n) is 3.30. The molecule has 2 aliphatic rings. The van der Waals surface area contributed by atoms with Crippen LogP contribution in [-0.2, 0) is 6.42 Å². The first-order valence-corrected chi connectivity index (χ1v) is 5.74. The van der Waals surface area contributed by atoms with Gasteiger partial charge in [-0.3, -0.25) is 9.98 Å². The van der Waals surface area contributed by atoms with Crippen molar-refractivity contribution in [3.8, 4) is 0 Å². The van der Waals surface area contributed by atoms with Crippen molar-refractivity contribution in [3.63, 3.8) is 0 Å². The molecule has 2 heterocycles. The van der Waals surface area contributed by atoms with Gasteiger partial charge >= 0.3 is 0 Å². The predicted octanol–water partition coefficient (Wildman–Crippen LogP) is 3.14. The van der Waals surface area contributed by atoms with Gasteiger partial charge in [0.15, 0.2) is 0 Å². The van der Waals surface area contributed by atoms with Crippen molar-refractivity contribution in [2.75, 3.05) is 0 Å². The second-order valence-electron chi connectivity index (χ2n) is 4.39. The van der Waals surface area contributed by atoms with Crippen LogP contribution in [0.1, 0.15) is 11.3 Å². The molecule has 0 fully saturated rings. The van der Waals surface area contributed by atoms with Gasteiger partial charge in [-0.2, -0.15) is 0 Å². The van der Waals surface area contributed by atoms with E-state index in [1.807, 2.05) is 18.3 Å². The third-order valence-corrected chi connectivity index (χ3v) is 3.30. The van der Waals surface area contributed by atoms with Crippen LogP contribution >= 0.6 is 0 Å². The molecule has 0 amide bonds. The number of hydrogen-bond donors (Lipinski definition) is 0. The fraction of sp³-hybridized carbons (Fsp3) is 0.0667. The minimum Gasteiger partial charge on any atom is -0.257 e. The highest BCUT2D eigenvalue weighted by atomic mass is 14.8. The first kappa shape index (κ1) is 8.88. The number of pyridine rings is 1. The molecule has 1 aliphatic carbocycles. The molecule has 2 heteroatoms. The third kappa shape index (κ3) is 1.27. The zero-order chi connectivity index (χ0) is 11.2. The number of para-hydroxylation sites is 1. The second kappa shape index (κ2) is 3.14. The van der Waals surface area contributed by atoms with E-state index in [9.17, 15) is 0 Å². The van der Waals surface area contributed by atoms with Crippen LogP contribution in [0.5, 0.6) is 0 Å². The van der Waals surface area contributed by atoms with Crippen molar-refractivity contribution in [1.82, 2.24) is 4.98 Å². The van der Waals surface area contributed by atoms with Crippen LogP contribution in [0.25, 0.3) is 17.0 Å². The normalized spacial score (nSPS) is 16.5. The molecule has 17 heavy (non-hydrogen) atoms. The summed E-state index contributed by atoms with van der Waals surface area (Å²) in [6.07, 6.45) is 6.97. The van der Waals surface area contributed by atoms with Gasteiger partial charge in [-0.15, -0.1) is 0 Å². The van der Waals surface area contributed by atoms with Gasteiger partial charge in [0.2, 0.25) is 0 Å². The fourth-order valence-electron chi connectivity index (χ4n) is 2.42. The molecule has 1 aliphatic heterocycles. The molecule has 0 atom stereocenters. The van der Waals surface area contributed by atoms with Crippen LogP contribution in [0.4, 0.5) is 0 Å². The Morgan fingerprint density at radius 2 is 2.06 bits per heavy atom. The van der Waals surface area contributed by atoms with E-state index in [0.29, 0.717) is 0 Å². The van der Waals surface area contributed by atoms with Crippen molar-refractivity contribution in [1.29, 1.82) is 0 Å². The molecule has 1 aromatic carbocycles. The van der Waals surface area contributed by atoms with Crippen molar-refractivity contribution in [3.05, 3.63) is 58.9 Å². The molecule has 0 unspecified atom stereocenters. The summed E-state index contributed by atoms with van der Waals surface area (Å²) in [5, 5.41) is 1.19. The monoisotopic (exact) mass is 218 g/mol. The number of fused-ring (bicyclic) bond motifs is 3. The summed E-state index contributed by atoms with van der Waals surface area (Å²) in [5.74, 6) is 0. The van der Waals surface area contributed by atoms with Crippen LogP contribution in [0, 0.1) is 0 Å². The van der Waals surface area contributed by atoms with Crippen LogP contribution < -0.4 is 0 Å². The first-order valence-electron chi connectivity index (χ1n) is 5.74. The Balaban J connectivity index is 2.01. The van der Waals surface area contributed by atoms with E-state index < -0.39 is 0 Å². The molecular weight excluding hydrogens is 208 g/mol. The zero-order valence-corrected chi connectivity index (χ0v) is 9.22. The average Bonchev–Trinajstić information content (AvgIpc) is 2.80. The van der Waals surface area contributed by atoms with Gasteiger partial charge in [-0.25, -0.2) is 0 Å². The Bertz CT molecular complexity index is 721. The summed E-state index contributed by atoms with van der Waals surface area (Å²) in [6.45, 7) is 0. The topological polar surface area (TPSA) is 25.2 Å². The predicted molar refractivity (Wildman–Crippen MR) is 70.0 cm³/mol. The Labute approximate surface area is 99.0 Å². The van der Waals surface area contributed by atoms with E-state index >= 15 is 0 Å². The fourth-order valence-corrected chi connectivity index (χ4v) is 2.42. The van der Waals surface area contributed by atoms with E-state index in [1.165, 1.54) is 16.5 Å². The number of aromatic nitrogens is 1. The van der Waals surface area contributed by atoms with E-state index in [1.54, 1.807) is 0 Å². The second-order valence-corrected chi connectivity index (χ2v) is 4.39. The molecule has 0 radical (unpaired) electrons. The number of rotatable bonds is 0. The maximum Gasteiger partial charge on any atom is 0.0705 e. The Hall–Kier alpha value is -2.22. The minimum absolute atomic E-state index is 0.895. The van der Waals surface area contributed by atoms with Gasteiger partial charge in [-0.05, 0) is 35.4 Å². The highest BCUT2D eigenvalue weighted by Crippen LogP contribution is 2.31. The van der Waals surface area contributed by atoms with Gasteiger partial charge in [0.1, 0.15) is 0 Å². The minimum atomic E-state index is 0.895. The lowest BCUT2D eigenvalue weighted by Gasteiger charge is -2.14. The van der Waals surface area contributed by atoms with Crippen molar-refractivity contribution < 1.29 is 0 Å². The number of benzene rings is 1. The van der Waals surface area contributed by atoms with Gasteiger partial charge in [0.25, 0.3) is 0 Å².